The molecule has 1 saturated heterocycles. The van der Waals surface area contributed by atoms with E-state index in [9.17, 15) is 9.59 Å². The summed E-state index contributed by atoms with van der Waals surface area (Å²) in [6.45, 7) is 0.998. The molecule has 1 aliphatic heterocycles. The van der Waals surface area contributed by atoms with Crippen LogP contribution < -0.4 is 15.1 Å². The highest BCUT2D eigenvalue weighted by atomic mass is 16.5. The Labute approximate surface area is 131 Å². The van der Waals surface area contributed by atoms with Crippen molar-refractivity contribution < 1.29 is 18.7 Å². The standard InChI is InChI=1S/C15H15N3O5/c1-21-12-3-4-13(17-16-12)23-11-6-7-18(8-11)15(20)10-2-5-14(19)22-9-10/h2-5,9,11H,6-8H2,1H3. The van der Waals surface area contributed by atoms with Crippen LogP contribution >= 0.6 is 0 Å². The van der Waals surface area contributed by atoms with Gasteiger partial charge in [0.25, 0.3) is 5.91 Å². The number of ether oxygens (including phenoxy) is 2. The molecule has 0 spiro atoms. The maximum atomic E-state index is 12.3. The molecule has 0 saturated carbocycles. The molecule has 0 aromatic carbocycles. The van der Waals surface area contributed by atoms with E-state index >= 15 is 0 Å². The highest BCUT2D eigenvalue weighted by Gasteiger charge is 2.28. The number of carbonyl (C=O) groups excluding carboxylic acids is 1. The lowest BCUT2D eigenvalue weighted by molar-refractivity contribution is 0.0768. The molecule has 0 bridgehead atoms. The van der Waals surface area contributed by atoms with Crippen molar-refractivity contribution in [2.24, 2.45) is 0 Å². The topological polar surface area (TPSA) is 94.8 Å². The van der Waals surface area contributed by atoms with Gasteiger partial charge in [-0.3, -0.25) is 4.79 Å². The van der Waals surface area contributed by atoms with Gasteiger partial charge in [0.1, 0.15) is 12.4 Å². The molecule has 120 valence electrons. The third-order valence-corrected chi connectivity index (χ3v) is 3.49. The van der Waals surface area contributed by atoms with E-state index in [1.165, 1.54) is 25.5 Å². The summed E-state index contributed by atoms with van der Waals surface area (Å²) < 4.78 is 15.4. The molecular weight excluding hydrogens is 302 g/mol. The van der Waals surface area contributed by atoms with E-state index < -0.39 is 5.63 Å². The van der Waals surface area contributed by atoms with Crippen LogP contribution in [0, 0.1) is 0 Å². The van der Waals surface area contributed by atoms with Gasteiger partial charge in [-0.05, 0) is 6.07 Å². The fourth-order valence-electron chi connectivity index (χ4n) is 2.32. The number of amides is 1. The fourth-order valence-corrected chi connectivity index (χ4v) is 2.32. The fraction of sp³-hybridized carbons (Fsp3) is 0.333. The monoisotopic (exact) mass is 317 g/mol. The van der Waals surface area contributed by atoms with E-state index in [2.05, 4.69) is 10.2 Å². The molecule has 8 nitrogen and oxygen atoms in total. The van der Waals surface area contributed by atoms with Crippen molar-refractivity contribution >= 4 is 5.91 Å². The zero-order valence-electron chi connectivity index (χ0n) is 12.5. The van der Waals surface area contributed by atoms with E-state index in [1.54, 1.807) is 17.0 Å². The Balaban J connectivity index is 1.60. The molecule has 0 N–H and O–H groups in total. The van der Waals surface area contributed by atoms with E-state index in [0.29, 0.717) is 36.8 Å². The van der Waals surface area contributed by atoms with Crippen molar-refractivity contribution in [1.29, 1.82) is 0 Å². The summed E-state index contributed by atoms with van der Waals surface area (Å²) in [6, 6.07) is 6.01. The third-order valence-electron chi connectivity index (χ3n) is 3.49. The number of rotatable bonds is 4. The van der Waals surface area contributed by atoms with Crippen LogP contribution in [-0.4, -0.2) is 47.3 Å². The molecule has 8 heteroatoms. The highest BCUT2D eigenvalue weighted by Crippen LogP contribution is 2.18. The second kappa shape index (κ2) is 6.47. The maximum absolute atomic E-state index is 12.3. The molecule has 0 radical (unpaired) electrons. The smallest absolute Gasteiger partial charge is 0.335 e. The second-order valence-corrected chi connectivity index (χ2v) is 5.04. The summed E-state index contributed by atoms with van der Waals surface area (Å²) in [5.41, 5.74) is -0.142. The van der Waals surface area contributed by atoms with Gasteiger partial charge in [0.15, 0.2) is 0 Å². The van der Waals surface area contributed by atoms with Crippen LogP contribution in [0.2, 0.25) is 0 Å². The highest BCUT2D eigenvalue weighted by molar-refractivity contribution is 5.93. The minimum absolute atomic E-state index is 0.155. The van der Waals surface area contributed by atoms with Crippen LogP contribution in [-0.2, 0) is 0 Å². The normalized spacial score (nSPS) is 17.1. The molecule has 2 aromatic heterocycles. The van der Waals surface area contributed by atoms with E-state index in [1.807, 2.05) is 0 Å². The number of hydrogen-bond acceptors (Lipinski definition) is 7. The number of aromatic nitrogens is 2. The molecule has 1 amide bonds. The Hall–Kier alpha value is -2.90. The van der Waals surface area contributed by atoms with Crippen LogP contribution in [0.3, 0.4) is 0 Å². The van der Waals surface area contributed by atoms with Gasteiger partial charge in [-0.25, -0.2) is 4.79 Å². The van der Waals surface area contributed by atoms with Crippen LogP contribution in [0.1, 0.15) is 16.8 Å². The molecule has 1 fully saturated rings. The van der Waals surface area contributed by atoms with Crippen molar-refractivity contribution in [2.75, 3.05) is 20.2 Å². The Morgan fingerprint density at radius 3 is 2.70 bits per heavy atom. The lowest BCUT2D eigenvalue weighted by Gasteiger charge is -2.16. The number of methoxy groups -OCH3 is 1. The SMILES string of the molecule is COc1ccc(OC2CCN(C(=O)c3ccc(=O)oc3)C2)nn1. The maximum Gasteiger partial charge on any atom is 0.335 e. The molecule has 1 atom stereocenters. The van der Waals surface area contributed by atoms with Gasteiger partial charge in [-0.1, -0.05) is 0 Å². The first-order chi connectivity index (χ1) is 11.2. The van der Waals surface area contributed by atoms with Crippen molar-refractivity contribution in [3.8, 4) is 11.8 Å². The van der Waals surface area contributed by atoms with E-state index in [0.717, 1.165) is 0 Å². The van der Waals surface area contributed by atoms with Crippen LogP contribution in [0.15, 0.2) is 39.7 Å². The lowest BCUT2D eigenvalue weighted by atomic mass is 10.2. The average Bonchev–Trinajstić information content (AvgIpc) is 3.04. The third kappa shape index (κ3) is 3.47. The minimum atomic E-state index is -0.484. The van der Waals surface area contributed by atoms with Gasteiger partial charge >= 0.3 is 5.63 Å². The van der Waals surface area contributed by atoms with Crippen LogP contribution in [0.4, 0.5) is 0 Å². The minimum Gasteiger partial charge on any atom is -0.480 e. The average molecular weight is 317 g/mol. The zero-order valence-corrected chi connectivity index (χ0v) is 12.5. The predicted octanol–water partition coefficient (Wildman–Crippen LogP) is 0.732. The largest absolute Gasteiger partial charge is 0.480 e. The summed E-state index contributed by atoms with van der Waals surface area (Å²) in [5.74, 6) is 0.600. The lowest BCUT2D eigenvalue weighted by Crippen LogP contribution is -2.31. The van der Waals surface area contributed by atoms with Crippen molar-refractivity contribution in [1.82, 2.24) is 15.1 Å². The molecule has 0 aliphatic carbocycles. The second-order valence-electron chi connectivity index (χ2n) is 5.04. The molecule has 3 heterocycles. The zero-order chi connectivity index (χ0) is 16.2. The number of carbonyl (C=O) groups is 1. The van der Waals surface area contributed by atoms with Crippen LogP contribution in [0.25, 0.3) is 0 Å². The quantitative estimate of drug-likeness (QED) is 0.820. The van der Waals surface area contributed by atoms with Gasteiger partial charge in [0.05, 0.1) is 19.2 Å². The summed E-state index contributed by atoms with van der Waals surface area (Å²) in [7, 11) is 1.51. The molecule has 2 aromatic rings. The summed E-state index contributed by atoms with van der Waals surface area (Å²) in [6.07, 6.45) is 1.71. The van der Waals surface area contributed by atoms with Gasteiger partial charge in [0.2, 0.25) is 11.8 Å². The predicted molar refractivity (Wildman–Crippen MR) is 78.5 cm³/mol. The molecule has 1 aliphatic rings. The van der Waals surface area contributed by atoms with Crippen molar-refractivity contribution in [3.05, 3.63) is 46.5 Å². The van der Waals surface area contributed by atoms with Gasteiger partial charge < -0.3 is 18.8 Å². The summed E-state index contributed by atoms with van der Waals surface area (Å²) in [5, 5.41) is 7.73. The van der Waals surface area contributed by atoms with Crippen molar-refractivity contribution in [2.45, 2.75) is 12.5 Å². The number of hydrogen-bond donors (Lipinski definition) is 0. The van der Waals surface area contributed by atoms with E-state index in [4.69, 9.17) is 13.9 Å². The Morgan fingerprint density at radius 1 is 1.26 bits per heavy atom. The summed E-state index contributed by atoms with van der Waals surface area (Å²) >= 11 is 0. The first-order valence-corrected chi connectivity index (χ1v) is 7.08. The molecule has 3 rings (SSSR count). The Bertz CT molecular complexity index is 723. The van der Waals surface area contributed by atoms with Crippen LogP contribution in [0.5, 0.6) is 11.8 Å². The number of likely N-dealkylation sites (tertiary alicyclic amines) is 1. The first-order valence-electron chi connectivity index (χ1n) is 7.08. The molecule has 1 unspecified atom stereocenters. The van der Waals surface area contributed by atoms with Gasteiger partial charge in [0, 0.05) is 31.2 Å². The van der Waals surface area contributed by atoms with Gasteiger partial charge in [-0.2, -0.15) is 0 Å². The molecule has 23 heavy (non-hydrogen) atoms. The first kappa shape index (κ1) is 15.0. The Morgan fingerprint density at radius 2 is 2.04 bits per heavy atom. The van der Waals surface area contributed by atoms with Crippen molar-refractivity contribution in [3.63, 3.8) is 0 Å². The summed E-state index contributed by atoms with van der Waals surface area (Å²) in [4.78, 5) is 24.9. The van der Waals surface area contributed by atoms with E-state index in [-0.39, 0.29) is 12.0 Å². The number of nitrogens with zero attached hydrogens (tertiary/aromatic N) is 3. The Kier molecular flexibility index (Phi) is 4.22. The molecular formula is C15H15N3O5. The van der Waals surface area contributed by atoms with Gasteiger partial charge in [-0.15, -0.1) is 10.2 Å².